The maximum absolute atomic E-state index is 11.8. The molecule has 1 aliphatic heterocycles. The third-order valence-electron chi connectivity index (χ3n) is 2.84. The van der Waals surface area contributed by atoms with Gasteiger partial charge in [0.15, 0.2) is 5.69 Å². The minimum absolute atomic E-state index is 0.483. The van der Waals surface area contributed by atoms with Gasteiger partial charge in [-0.25, -0.2) is 9.36 Å². The second-order valence-corrected chi connectivity index (χ2v) is 4.18. The van der Waals surface area contributed by atoms with E-state index in [4.69, 9.17) is 5.11 Å². The molecule has 1 N–H and O–H groups in total. The van der Waals surface area contributed by atoms with E-state index >= 15 is 0 Å². The molecule has 0 amide bonds. The van der Waals surface area contributed by atoms with Crippen LogP contribution in [0.15, 0.2) is 36.3 Å². The molecular formula is C13H13N2O5+. The lowest BCUT2D eigenvalue weighted by Crippen LogP contribution is -2.45. The van der Waals surface area contributed by atoms with Gasteiger partial charge in [-0.05, 0) is 11.8 Å². The molecule has 1 fully saturated rings. The predicted molar refractivity (Wildman–Crippen MR) is 64.0 cm³/mol. The smallest absolute Gasteiger partial charge is 0.360 e. The zero-order valence-electron chi connectivity index (χ0n) is 10.9. The second-order valence-electron chi connectivity index (χ2n) is 4.18. The number of ether oxygens (including phenoxy) is 2. The van der Waals surface area contributed by atoms with E-state index < -0.39 is 29.8 Å². The largest absolute Gasteiger partial charge is 0.475 e. The first-order valence-corrected chi connectivity index (χ1v) is 5.81. The number of aryl methyl sites for hydroxylation is 1. The third kappa shape index (κ3) is 2.67. The van der Waals surface area contributed by atoms with Crippen LogP contribution < -0.4 is 4.57 Å². The molecule has 1 aliphatic rings. The van der Waals surface area contributed by atoms with Crippen LogP contribution in [0.4, 0.5) is 0 Å². The van der Waals surface area contributed by atoms with Gasteiger partial charge in [-0.15, -0.1) is 0 Å². The molecule has 2 unspecified atom stereocenters. The van der Waals surface area contributed by atoms with Crippen LogP contribution >= 0.6 is 0 Å². The Balaban J connectivity index is 2.38. The Morgan fingerprint density at radius 3 is 2.90 bits per heavy atom. The van der Waals surface area contributed by atoms with Crippen molar-refractivity contribution in [2.75, 3.05) is 7.11 Å². The molecule has 0 saturated carbocycles. The summed E-state index contributed by atoms with van der Waals surface area (Å²) >= 11 is 0. The van der Waals surface area contributed by atoms with Crippen molar-refractivity contribution in [1.29, 1.82) is 0 Å². The predicted octanol–water partition coefficient (Wildman–Crippen LogP) is 0.119. The van der Waals surface area contributed by atoms with Gasteiger partial charge >= 0.3 is 17.9 Å². The number of esters is 2. The van der Waals surface area contributed by atoms with Crippen molar-refractivity contribution in [3.8, 4) is 0 Å². The number of aliphatic hydroxyl groups is 1. The van der Waals surface area contributed by atoms with Gasteiger partial charge in [0, 0.05) is 13.0 Å². The molecule has 0 bridgehead atoms. The van der Waals surface area contributed by atoms with Crippen LogP contribution in [0.3, 0.4) is 0 Å². The van der Waals surface area contributed by atoms with E-state index in [-0.39, 0.29) is 0 Å². The van der Waals surface area contributed by atoms with Gasteiger partial charge in [-0.3, -0.25) is 4.79 Å². The number of nitrogens with zero attached hydrogens (tertiary/aromatic N) is 2. The van der Waals surface area contributed by atoms with Gasteiger partial charge in [0.2, 0.25) is 6.04 Å². The molecule has 7 heteroatoms. The molecule has 7 nitrogen and oxygen atoms in total. The van der Waals surface area contributed by atoms with E-state index in [1.54, 1.807) is 19.2 Å². The fraction of sp³-hybridized carbons (Fsp3) is 0.308. The van der Waals surface area contributed by atoms with Crippen molar-refractivity contribution < 1.29 is 28.7 Å². The fourth-order valence-electron chi connectivity index (χ4n) is 1.79. The topological polar surface area (TPSA) is 89.6 Å². The Morgan fingerprint density at radius 2 is 2.30 bits per heavy atom. The van der Waals surface area contributed by atoms with Crippen LogP contribution in [0, 0.1) is 12.8 Å². The van der Waals surface area contributed by atoms with Crippen molar-refractivity contribution in [3.05, 3.63) is 42.0 Å². The van der Waals surface area contributed by atoms with E-state index in [2.05, 4.69) is 20.2 Å². The van der Waals surface area contributed by atoms with Gasteiger partial charge < -0.3 is 14.6 Å². The molecule has 2 rings (SSSR count). The summed E-state index contributed by atoms with van der Waals surface area (Å²) in [5.74, 6) is -2.76. The number of hydrogen-bond acceptors (Lipinski definition) is 6. The summed E-state index contributed by atoms with van der Waals surface area (Å²) < 4.78 is 10.6. The highest BCUT2D eigenvalue weighted by Crippen LogP contribution is 2.24. The highest BCUT2D eigenvalue weighted by atomic mass is 16.6. The molecule has 1 aromatic rings. The summed E-state index contributed by atoms with van der Waals surface area (Å²) in [5, 5.41) is 9.16. The Hall–Kier alpha value is -2.66. The van der Waals surface area contributed by atoms with Crippen LogP contribution in [-0.2, 0) is 19.1 Å². The number of rotatable bonds is 3. The maximum atomic E-state index is 11.8. The Labute approximate surface area is 114 Å². The Morgan fingerprint density at radius 1 is 1.55 bits per heavy atom. The minimum atomic E-state index is -0.894. The van der Waals surface area contributed by atoms with Crippen LogP contribution in [0.1, 0.15) is 11.7 Å². The number of aromatic nitrogens is 2. The average molecular weight is 277 g/mol. The van der Waals surface area contributed by atoms with Crippen molar-refractivity contribution in [2.24, 2.45) is 5.92 Å². The average Bonchev–Trinajstić information content (AvgIpc) is 2.71. The molecule has 0 spiro atoms. The lowest BCUT2D eigenvalue weighted by molar-refractivity contribution is -0.714. The Bertz CT molecular complexity index is 602. The van der Waals surface area contributed by atoms with E-state index in [0.717, 1.165) is 5.69 Å². The number of carbonyl (C=O) groups excluding carboxylic acids is 2. The highest BCUT2D eigenvalue weighted by molar-refractivity contribution is 5.97. The molecule has 2 atom stereocenters. The number of hydrogen-bond donors (Lipinski definition) is 1. The van der Waals surface area contributed by atoms with Gasteiger partial charge in [-0.2, -0.15) is 0 Å². The highest BCUT2D eigenvalue weighted by Gasteiger charge is 2.47. The normalized spacial score (nSPS) is 21.1. The van der Waals surface area contributed by atoms with Gasteiger partial charge in [0.05, 0.1) is 13.3 Å². The zero-order chi connectivity index (χ0) is 14.7. The summed E-state index contributed by atoms with van der Waals surface area (Å²) in [6, 6.07) is 0.840. The molecule has 1 aromatic heterocycles. The van der Waals surface area contributed by atoms with Gasteiger partial charge in [0.1, 0.15) is 5.92 Å². The summed E-state index contributed by atoms with van der Waals surface area (Å²) in [6.45, 7) is 1.80. The standard InChI is InChI=1S/C13H12N2O5/c1-8-5-6-15(7-14-8)11-9(3-4-10(16)19-2)12(17)20-13(11)18/h3,5-7,9,11H,1-2H3/p+1. The number of aliphatic hydroxyl groups excluding tert-OH is 1. The van der Waals surface area contributed by atoms with Crippen molar-refractivity contribution in [2.45, 2.75) is 13.0 Å². The van der Waals surface area contributed by atoms with E-state index in [9.17, 15) is 9.59 Å². The molecule has 0 aliphatic carbocycles. The summed E-state index contributed by atoms with van der Waals surface area (Å²) in [6.07, 6.45) is 4.32. The lowest BCUT2D eigenvalue weighted by atomic mass is 10.0. The lowest BCUT2D eigenvalue weighted by Gasteiger charge is -2.06. The van der Waals surface area contributed by atoms with Crippen LogP contribution in [0.25, 0.3) is 0 Å². The number of carbonyl (C=O) groups is 2. The monoisotopic (exact) mass is 277 g/mol. The molecule has 2 heterocycles. The first-order valence-electron chi connectivity index (χ1n) is 5.81. The molecule has 1 saturated heterocycles. The van der Waals surface area contributed by atoms with Crippen molar-refractivity contribution in [3.63, 3.8) is 0 Å². The number of cyclic esters (lactones) is 2. The van der Waals surface area contributed by atoms with Gasteiger partial charge in [-0.1, -0.05) is 4.98 Å². The molecular weight excluding hydrogens is 264 g/mol. The third-order valence-corrected chi connectivity index (χ3v) is 2.84. The van der Waals surface area contributed by atoms with E-state index in [1.807, 2.05) is 0 Å². The quantitative estimate of drug-likeness (QED) is 0.277. The van der Waals surface area contributed by atoms with Crippen molar-refractivity contribution in [1.82, 2.24) is 4.98 Å². The first-order chi connectivity index (χ1) is 9.52. The molecule has 20 heavy (non-hydrogen) atoms. The molecule has 104 valence electrons. The van der Waals surface area contributed by atoms with Crippen LogP contribution in [0.5, 0.6) is 0 Å². The van der Waals surface area contributed by atoms with Gasteiger partial charge in [0.25, 0.3) is 6.33 Å². The summed E-state index contributed by atoms with van der Waals surface area (Å²) in [5.41, 5.74) is 3.16. The second kappa shape index (κ2) is 5.54. The SMILES string of the molecule is COC(O)=C=CC1C(=O)OC(=O)C1[n+]1ccc(C)nc1. The molecule has 0 radical (unpaired) electrons. The van der Waals surface area contributed by atoms with Crippen LogP contribution in [0.2, 0.25) is 0 Å². The fourth-order valence-corrected chi connectivity index (χ4v) is 1.79. The summed E-state index contributed by atoms with van der Waals surface area (Å²) in [7, 11) is 1.25. The molecule has 0 aromatic carbocycles. The zero-order valence-corrected chi connectivity index (χ0v) is 10.9. The van der Waals surface area contributed by atoms with Crippen LogP contribution in [-0.4, -0.2) is 29.1 Å². The van der Waals surface area contributed by atoms with E-state index in [0.29, 0.717) is 0 Å². The summed E-state index contributed by atoms with van der Waals surface area (Å²) in [4.78, 5) is 27.5. The maximum Gasteiger partial charge on any atom is 0.360 e. The number of methoxy groups -OCH3 is 1. The Kier molecular flexibility index (Phi) is 3.81. The van der Waals surface area contributed by atoms with Crippen molar-refractivity contribution >= 4 is 11.9 Å². The first kappa shape index (κ1) is 13.8. The minimum Gasteiger partial charge on any atom is -0.475 e. The van der Waals surface area contributed by atoms with E-state index in [1.165, 1.54) is 24.1 Å².